The molecule has 402 valence electrons. The third-order valence-electron chi connectivity index (χ3n) is 14.2. The average molecular weight is 1100 g/mol. The molecule has 1 aliphatic heterocycles. The van der Waals surface area contributed by atoms with Gasteiger partial charge >= 0.3 is 18.5 Å². The number of para-hydroxylation sites is 5. The summed E-state index contributed by atoms with van der Waals surface area (Å²) in [5, 5.41) is 0. The van der Waals surface area contributed by atoms with Gasteiger partial charge in [0.1, 0.15) is 11.6 Å². The predicted molar refractivity (Wildman–Crippen MR) is 298 cm³/mol. The zero-order chi connectivity index (χ0) is 56.5. The lowest BCUT2D eigenvalue weighted by Crippen LogP contribution is -2.21. The molecule has 0 atom stereocenters. The van der Waals surface area contributed by atoms with E-state index in [1.54, 1.807) is 141 Å². The molecule has 3 aromatic heterocycles. The quantitative estimate of drug-likeness (QED) is 0.134. The van der Waals surface area contributed by atoms with Crippen molar-refractivity contribution in [2.45, 2.75) is 24.9 Å². The van der Waals surface area contributed by atoms with E-state index in [1.807, 2.05) is 42.5 Å². The molecule has 8 nitrogen and oxygen atoms in total. The molecule has 0 N–H and O–H groups in total. The van der Waals surface area contributed by atoms with Crippen LogP contribution in [0.25, 0.3) is 96.1 Å². The molecule has 1 aliphatic rings. The Balaban J connectivity index is 0.977. The van der Waals surface area contributed by atoms with Gasteiger partial charge in [0.2, 0.25) is 0 Å². The van der Waals surface area contributed by atoms with E-state index in [0.717, 1.165) is 42.0 Å². The van der Waals surface area contributed by atoms with Crippen LogP contribution in [0.15, 0.2) is 224 Å². The second kappa shape index (κ2) is 19.9. The van der Waals surface area contributed by atoms with E-state index in [0.29, 0.717) is 90.6 Å². The minimum atomic E-state index is -4.61. The largest absolute Gasteiger partial charge is 0.416 e. The zero-order valence-corrected chi connectivity index (χ0v) is 42.5. The standard InChI is InChI=1S/C65H39F9N8/c66-63(67,68)46-20-10-23-49(36-46)80-54-28-4-1-13-39(54)31-32-55(80)40-14-7-15-41(33-40)58-77-59(42-16-8-18-44(34-42)61-75-52-26-2-5-29-56(52)81(61)50-24-11-21-47(37-50)64(69,70)71)79-60(78-58)43-17-9-19-45(35-43)62-76-53-27-3-6-30-57(53)82(62)51-25-12-22-48(38-51)65(72,73)74/h1-30,32-38H,31H2. The molecule has 82 heavy (non-hydrogen) atoms. The van der Waals surface area contributed by atoms with E-state index in [9.17, 15) is 39.5 Å². The monoisotopic (exact) mass is 1100 g/mol. The first-order chi connectivity index (χ1) is 39.5. The van der Waals surface area contributed by atoms with E-state index in [-0.39, 0.29) is 28.8 Å². The van der Waals surface area contributed by atoms with Gasteiger partial charge in [0.25, 0.3) is 0 Å². The predicted octanol–water partition coefficient (Wildman–Crippen LogP) is 17.7. The number of hydrogen-bond donors (Lipinski definition) is 0. The molecule has 13 rings (SSSR count). The Morgan fingerprint density at radius 1 is 0.329 bits per heavy atom. The maximum Gasteiger partial charge on any atom is 0.416 e. The van der Waals surface area contributed by atoms with E-state index in [4.69, 9.17) is 24.9 Å². The molecule has 9 aromatic carbocycles. The van der Waals surface area contributed by atoms with E-state index in [1.165, 1.54) is 18.2 Å². The van der Waals surface area contributed by atoms with Gasteiger partial charge in [0.15, 0.2) is 17.5 Å². The third kappa shape index (κ3) is 9.58. The smallest absolute Gasteiger partial charge is 0.310 e. The average Bonchev–Trinajstić information content (AvgIpc) is 3.35. The van der Waals surface area contributed by atoms with Crippen molar-refractivity contribution in [1.29, 1.82) is 0 Å². The number of aromatic nitrogens is 7. The number of benzene rings is 9. The molecule has 0 amide bonds. The highest BCUT2D eigenvalue weighted by Crippen LogP contribution is 2.44. The topological polar surface area (TPSA) is 77.5 Å². The van der Waals surface area contributed by atoms with Gasteiger partial charge < -0.3 is 4.90 Å². The first-order valence-corrected chi connectivity index (χ1v) is 25.7. The number of rotatable bonds is 9. The van der Waals surface area contributed by atoms with Crippen LogP contribution in [0.3, 0.4) is 0 Å². The molecule has 0 spiro atoms. The number of hydrogen-bond acceptors (Lipinski definition) is 6. The van der Waals surface area contributed by atoms with Crippen LogP contribution in [0.1, 0.15) is 27.8 Å². The van der Waals surface area contributed by atoms with Crippen molar-refractivity contribution in [2.24, 2.45) is 0 Å². The van der Waals surface area contributed by atoms with Crippen LogP contribution in [-0.4, -0.2) is 34.1 Å². The van der Waals surface area contributed by atoms with E-state index in [2.05, 4.69) is 0 Å². The highest BCUT2D eigenvalue weighted by molar-refractivity contribution is 5.92. The Labute approximate surface area is 461 Å². The molecular weight excluding hydrogens is 1060 g/mol. The van der Waals surface area contributed by atoms with Crippen molar-refractivity contribution in [3.63, 3.8) is 0 Å². The molecule has 0 saturated heterocycles. The molecule has 4 heterocycles. The number of allylic oxidation sites excluding steroid dienone is 1. The fourth-order valence-electron chi connectivity index (χ4n) is 10.5. The van der Waals surface area contributed by atoms with Crippen LogP contribution >= 0.6 is 0 Å². The molecule has 0 fully saturated rings. The summed E-state index contributed by atoms with van der Waals surface area (Å²) in [6.45, 7) is 0. The highest BCUT2D eigenvalue weighted by atomic mass is 19.4. The molecule has 0 radical (unpaired) electrons. The summed E-state index contributed by atoms with van der Waals surface area (Å²) >= 11 is 0. The number of alkyl halides is 9. The van der Waals surface area contributed by atoms with Crippen molar-refractivity contribution in [2.75, 3.05) is 4.90 Å². The van der Waals surface area contributed by atoms with Gasteiger partial charge in [-0.3, -0.25) is 9.13 Å². The molecular formula is C65H39F9N8. The maximum absolute atomic E-state index is 14.3. The van der Waals surface area contributed by atoms with Crippen molar-refractivity contribution in [3.8, 4) is 68.3 Å². The Bertz CT molecular complexity index is 4300. The first kappa shape index (κ1) is 51.3. The van der Waals surface area contributed by atoms with Crippen molar-refractivity contribution >= 4 is 39.1 Å². The summed E-state index contributed by atoms with van der Waals surface area (Å²) < 4.78 is 131. The van der Waals surface area contributed by atoms with Crippen molar-refractivity contribution in [1.82, 2.24) is 34.1 Å². The summed E-state index contributed by atoms with van der Waals surface area (Å²) in [5.41, 5.74) is 5.87. The van der Waals surface area contributed by atoms with Gasteiger partial charge in [0.05, 0.1) is 38.8 Å². The molecule has 0 aliphatic carbocycles. The van der Waals surface area contributed by atoms with Crippen LogP contribution in [0.2, 0.25) is 0 Å². The first-order valence-electron chi connectivity index (χ1n) is 25.7. The molecule has 0 saturated carbocycles. The van der Waals surface area contributed by atoms with E-state index >= 15 is 0 Å². The second-order valence-corrected chi connectivity index (χ2v) is 19.5. The Hall–Kier alpha value is -10.2. The van der Waals surface area contributed by atoms with Gasteiger partial charge in [-0.2, -0.15) is 39.5 Å². The SMILES string of the molecule is FC(F)(F)c1cccc(N2C(c3cccc(-c4nc(-c5cccc(-c6nc7ccccc7n6-c6cccc(C(F)(F)F)c6)c5)nc(-c5cccc(-c6nc7ccccc7n6-c6cccc(C(F)(F)F)c6)c5)n4)c3)=CCc3ccccc32)c1. The summed E-state index contributed by atoms with van der Waals surface area (Å²) in [4.78, 5) is 26.9. The number of halogens is 9. The minimum absolute atomic E-state index is 0.187. The van der Waals surface area contributed by atoms with Gasteiger partial charge in [-0.25, -0.2) is 24.9 Å². The van der Waals surface area contributed by atoms with Crippen molar-refractivity contribution in [3.05, 3.63) is 252 Å². The van der Waals surface area contributed by atoms with Crippen LogP contribution in [-0.2, 0) is 24.9 Å². The highest BCUT2D eigenvalue weighted by Gasteiger charge is 2.34. The molecule has 12 aromatic rings. The molecule has 0 bridgehead atoms. The lowest BCUT2D eigenvalue weighted by Gasteiger charge is -2.33. The van der Waals surface area contributed by atoms with Gasteiger partial charge in [-0.05, 0) is 121 Å². The third-order valence-corrected chi connectivity index (χ3v) is 14.2. The van der Waals surface area contributed by atoms with Gasteiger partial charge in [-0.15, -0.1) is 0 Å². The van der Waals surface area contributed by atoms with E-state index < -0.39 is 35.2 Å². The number of imidazole rings is 2. The summed E-state index contributed by atoms with van der Waals surface area (Å²) in [6.07, 6.45) is -11.4. The number of fused-ring (bicyclic) bond motifs is 3. The van der Waals surface area contributed by atoms with Crippen molar-refractivity contribution < 1.29 is 39.5 Å². The van der Waals surface area contributed by atoms with Gasteiger partial charge in [0, 0.05) is 56.3 Å². The van der Waals surface area contributed by atoms with Gasteiger partial charge in [-0.1, -0.05) is 121 Å². The normalized spacial score (nSPS) is 12.9. The fraction of sp³-hybridized carbons (Fsp3) is 0.0615. The number of anilines is 2. The van der Waals surface area contributed by atoms with Crippen LogP contribution in [0.4, 0.5) is 50.9 Å². The van der Waals surface area contributed by atoms with Crippen LogP contribution < -0.4 is 4.90 Å². The summed E-state index contributed by atoms with van der Waals surface area (Å²) in [5.74, 6) is 1.26. The Morgan fingerprint density at radius 2 is 0.707 bits per heavy atom. The zero-order valence-electron chi connectivity index (χ0n) is 42.5. The van der Waals surface area contributed by atoms with Crippen LogP contribution in [0, 0.1) is 0 Å². The summed E-state index contributed by atoms with van der Waals surface area (Å²) in [7, 11) is 0. The Kier molecular flexibility index (Phi) is 12.4. The lowest BCUT2D eigenvalue weighted by molar-refractivity contribution is -0.138. The Morgan fingerprint density at radius 3 is 1.18 bits per heavy atom. The summed E-state index contributed by atoms with van der Waals surface area (Å²) in [6, 6.07) is 58.5. The second-order valence-electron chi connectivity index (χ2n) is 19.5. The lowest BCUT2D eigenvalue weighted by atomic mass is 9.97. The van der Waals surface area contributed by atoms with Crippen LogP contribution in [0.5, 0.6) is 0 Å². The minimum Gasteiger partial charge on any atom is -0.310 e. The molecule has 0 unspecified atom stereocenters. The maximum atomic E-state index is 14.3. The molecule has 17 heteroatoms. The fourth-order valence-corrected chi connectivity index (χ4v) is 10.5. The number of nitrogens with zero attached hydrogens (tertiary/aromatic N) is 8.